The second-order valence-electron chi connectivity index (χ2n) is 14.2. The fourth-order valence-electron chi connectivity index (χ4n) is 5.35. The van der Waals surface area contributed by atoms with Crippen LogP contribution in [0.15, 0.2) is 53.9 Å². The second kappa shape index (κ2) is 15.9. The van der Waals surface area contributed by atoms with E-state index < -0.39 is 65.6 Å². The Morgan fingerprint density at radius 3 is 2.38 bits per heavy atom. The Bertz CT molecular complexity index is 2120. The van der Waals surface area contributed by atoms with Gasteiger partial charge in [0.15, 0.2) is 11.8 Å². The summed E-state index contributed by atoms with van der Waals surface area (Å²) in [7, 11) is 16.8. The topological polar surface area (TPSA) is 158 Å². The first-order valence-corrected chi connectivity index (χ1v) is 17.1. The average molecular weight is 799 g/mol. The molecule has 56 heavy (non-hydrogen) atoms. The Morgan fingerprint density at radius 2 is 1.80 bits per heavy atom. The third-order valence-electron chi connectivity index (χ3n) is 8.60. The van der Waals surface area contributed by atoms with Crippen LogP contribution >= 0.6 is 11.6 Å². The van der Waals surface area contributed by atoms with Gasteiger partial charge in [0.25, 0.3) is 12.3 Å². The lowest BCUT2D eigenvalue weighted by Crippen LogP contribution is -2.49. The van der Waals surface area contributed by atoms with Crippen LogP contribution in [-0.4, -0.2) is 101 Å². The molecule has 4 aromatic rings. The van der Waals surface area contributed by atoms with Gasteiger partial charge < -0.3 is 15.8 Å². The summed E-state index contributed by atoms with van der Waals surface area (Å²) in [6.07, 6.45) is -7.69. The zero-order valence-corrected chi connectivity index (χ0v) is 30.8. The Balaban J connectivity index is 1.60. The predicted octanol–water partition coefficient (Wildman–Crippen LogP) is 5.08. The molecule has 1 aliphatic carbocycles. The number of ether oxygens (including phenoxy) is 1. The largest absolute Gasteiger partial charge is 0.447 e. The summed E-state index contributed by atoms with van der Waals surface area (Å²) in [6.45, 7) is 4.97. The Morgan fingerprint density at radius 1 is 1.11 bits per heavy atom. The normalized spacial score (nSPS) is 15.1. The van der Waals surface area contributed by atoms with Gasteiger partial charge >= 0.3 is 12.3 Å². The Labute approximate surface area is 325 Å². The number of hydrogen-bond acceptors (Lipinski definition) is 8. The number of aromatic nitrogens is 6. The monoisotopic (exact) mass is 798 g/mol. The molecule has 2 aromatic carbocycles. The summed E-state index contributed by atoms with van der Waals surface area (Å²) in [5.74, 6) is -3.25. The van der Waals surface area contributed by atoms with Crippen molar-refractivity contribution in [2.45, 2.75) is 69.5 Å². The molecule has 290 valence electrons. The molecule has 2 heterocycles. The summed E-state index contributed by atoms with van der Waals surface area (Å²) in [6, 6.07) is 5.50. The molecule has 1 fully saturated rings. The average Bonchev–Trinajstić information content (AvgIpc) is 3.46. The molecule has 2 amide bonds. The van der Waals surface area contributed by atoms with E-state index >= 15 is 4.39 Å². The SMILES string of the molecule is [B]C([B])([B])n1ncc(-c2ccc(C(=O)N(C(N)=NCCC(C)(C)C)[C@H](COC(=O)NC3(C(F)(F)F)CC3)c3ccc(Cl)c(-n4ncnc4C(F)F)c3)cc2F)n1. The second-order valence-corrected chi connectivity index (χ2v) is 14.6. The van der Waals surface area contributed by atoms with Gasteiger partial charge in [-0.3, -0.25) is 14.7 Å². The lowest BCUT2D eigenvalue weighted by atomic mass is 9.50. The first-order chi connectivity index (χ1) is 26.0. The van der Waals surface area contributed by atoms with E-state index in [9.17, 15) is 31.5 Å². The van der Waals surface area contributed by atoms with Crippen molar-refractivity contribution in [1.29, 1.82) is 0 Å². The van der Waals surface area contributed by atoms with Gasteiger partial charge in [0, 0.05) is 17.7 Å². The van der Waals surface area contributed by atoms with Crippen LogP contribution in [0.5, 0.6) is 0 Å². The number of carbonyl (C=O) groups excluding carboxylic acids is 2. The van der Waals surface area contributed by atoms with E-state index in [1.807, 2.05) is 26.1 Å². The molecule has 3 N–H and O–H groups in total. The fraction of sp³-hybridized carbons (Fsp3) is 0.424. The third-order valence-corrected chi connectivity index (χ3v) is 8.92. The van der Waals surface area contributed by atoms with Crippen LogP contribution in [0.4, 0.5) is 31.1 Å². The van der Waals surface area contributed by atoms with Gasteiger partial charge in [0.05, 0.1) is 46.5 Å². The number of benzene rings is 2. The number of alkyl carbamates (subject to hydrolysis) is 1. The maximum Gasteiger partial charge on any atom is 0.411 e. The molecule has 6 radical (unpaired) electrons. The van der Waals surface area contributed by atoms with Crippen LogP contribution in [-0.2, 0) is 9.97 Å². The molecule has 0 spiro atoms. The van der Waals surface area contributed by atoms with E-state index in [1.54, 1.807) is 0 Å². The third kappa shape index (κ3) is 9.50. The minimum atomic E-state index is -4.78. The molecule has 1 saturated carbocycles. The van der Waals surface area contributed by atoms with E-state index in [0.717, 1.165) is 33.0 Å². The van der Waals surface area contributed by atoms with E-state index in [2.05, 4.69) is 25.3 Å². The quantitative estimate of drug-likeness (QED) is 0.0870. The summed E-state index contributed by atoms with van der Waals surface area (Å²) < 4.78 is 90.6. The number of carbonyl (C=O) groups is 2. The number of nitrogens with one attached hydrogen (secondary N) is 1. The van der Waals surface area contributed by atoms with Crippen molar-refractivity contribution in [3.8, 4) is 16.9 Å². The minimum absolute atomic E-state index is 0.00902. The van der Waals surface area contributed by atoms with Crippen molar-refractivity contribution in [2.24, 2.45) is 16.1 Å². The van der Waals surface area contributed by atoms with Gasteiger partial charge in [-0.05, 0) is 65.8 Å². The van der Waals surface area contributed by atoms with Crippen molar-refractivity contribution in [1.82, 2.24) is 40.0 Å². The lowest BCUT2D eigenvalue weighted by molar-refractivity contribution is -0.164. The van der Waals surface area contributed by atoms with Crippen LogP contribution in [0.2, 0.25) is 5.02 Å². The van der Waals surface area contributed by atoms with Crippen LogP contribution in [0.3, 0.4) is 0 Å². The number of hydrogen-bond donors (Lipinski definition) is 2. The van der Waals surface area contributed by atoms with Crippen molar-refractivity contribution >= 4 is 53.1 Å². The van der Waals surface area contributed by atoms with Crippen LogP contribution in [0.1, 0.15) is 74.2 Å². The molecule has 0 saturated heterocycles. The van der Waals surface area contributed by atoms with Crippen LogP contribution < -0.4 is 11.1 Å². The highest BCUT2D eigenvalue weighted by Gasteiger charge is 2.64. The van der Waals surface area contributed by atoms with E-state index in [-0.39, 0.29) is 57.9 Å². The molecule has 0 aliphatic heterocycles. The number of rotatable bonds is 12. The van der Waals surface area contributed by atoms with Gasteiger partial charge in [0.2, 0.25) is 0 Å². The summed E-state index contributed by atoms with van der Waals surface area (Å²) in [5.41, 5.74) is 3.05. The highest BCUT2D eigenvalue weighted by Crippen LogP contribution is 2.49. The Kier molecular flexibility index (Phi) is 11.9. The number of nitrogens with two attached hydrogens (primary N) is 1. The van der Waals surface area contributed by atoms with Gasteiger partial charge in [-0.25, -0.2) is 32.4 Å². The molecule has 5 rings (SSSR count). The summed E-state index contributed by atoms with van der Waals surface area (Å²) in [4.78, 5) is 36.9. The molecule has 13 nitrogen and oxygen atoms in total. The molecule has 1 atom stereocenters. The van der Waals surface area contributed by atoms with Crippen LogP contribution in [0.25, 0.3) is 16.9 Å². The Hall–Kier alpha value is -5.01. The van der Waals surface area contributed by atoms with Gasteiger partial charge in [-0.1, -0.05) is 38.4 Å². The standard InChI is InChI=1S/C33H32B3ClF6N10O3/c1-30(2,3)10-11-45-28(44)51(27(54)18-4-6-19(21(38)12-18)22-14-47-53(50-22)33(34,35)36)24(15-56-29(55)49-31(8-9-31)32(41,42)43)17-5-7-20(37)23(13-17)52-26(25(39)40)46-16-48-52/h4-7,12-14,16,24-25H,8-11,15H2,1-3H3,(H2,44,45)(H,49,55)/t24-/m1/s1. The maximum atomic E-state index is 15.7. The smallest absolute Gasteiger partial charge is 0.411 e. The molecular weight excluding hydrogens is 766 g/mol. The molecule has 0 unspecified atom stereocenters. The molecule has 0 bridgehead atoms. The fourth-order valence-corrected chi connectivity index (χ4v) is 5.55. The molecular formula is C33H32B3ClF6N10O3. The minimum Gasteiger partial charge on any atom is -0.447 e. The van der Waals surface area contributed by atoms with Crippen LogP contribution in [0, 0.1) is 11.2 Å². The first-order valence-electron chi connectivity index (χ1n) is 16.7. The highest BCUT2D eigenvalue weighted by atomic mass is 35.5. The van der Waals surface area contributed by atoms with Gasteiger partial charge in [-0.2, -0.15) is 28.5 Å². The van der Waals surface area contributed by atoms with E-state index in [1.165, 1.54) is 30.3 Å². The van der Waals surface area contributed by atoms with Gasteiger partial charge in [-0.15, -0.1) is 0 Å². The van der Waals surface area contributed by atoms with Crippen molar-refractivity contribution in [2.75, 3.05) is 13.2 Å². The van der Waals surface area contributed by atoms with E-state index in [0.29, 0.717) is 6.42 Å². The van der Waals surface area contributed by atoms with Crippen molar-refractivity contribution < 1.29 is 40.7 Å². The zero-order chi connectivity index (χ0) is 41.4. The number of aliphatic imine (C=N–C) groups is 1. The number of halogens is 7. The summed E-state index contributed by atoms with van der Waals surface area (Å²) >= 11 is 6.40. The molecule has 1 aliphatic rings. The zero-order valence-electron chi connectivity index (χ0n) is 30.1. The van der Waals surface area contributed by atoms with E-state index in [4.69, 9.17) is 45.6 Å². The molecule has 23 heteroatoms. The maximum absolute atomic E-state index is 15.7. The lowest BCUT2D eigenvalue weighted by Gasteiger charge is -2.32. The number of nitrogens with zero attached hydrogens (tertiary/aromatic N) is 8. The first kappa shape index (κ1) is 42.1. The number of alkyl halides is 5. The van der Waals surface area contributed by atoms with Crippen molar-refractivity contribution in [3.63, 3.8) is 0 Å². The number of guanidine groups is 1. The molecule has 2 aromatic heterocycles. The number of amides is 2. The summed E-state index contributed by atoms with van der Waals surface area (Å²) in [5, 5.41) is 11.4. The van der Waals surface area contributed by atoms with Gasteiger partial charge in [0.1, 0.15) is 30.0 Å². The predicted molar refractivity (Wildman–Crippen MR) is 194 cm³/mol. The van der Waals surface area contributed by atoms with Crippen molar-refractivity contribution in [3.05, 3.63) is 76.7 Å². The highest BCUT2D eigenvalue weighted by molar-refractivity contribution is 6.56.